The van der Waals surface area contributed by atoms with Crippen molar-refractivity contribution in [2.75, 3.05) is 6.54 Å². The molecule has 38 heavy (non-hydrogen) atoms. The maximum absolute atomic E-state index is 12.7. The van der Waals surface area contributed by atoms with Gasteiger partial charge in [0.15, 0.2) is 0 Å². The van der Waals surface area contributed by atoms with Gasteiger partial charge in [-0.05, 0) is 36.4 Å². The van der Waals surface area contributed by atoms with Gasteiger partial charge in [-0.2, -0.15) is 13.2 Å². The van der Waals surface area contributed by atoms with E-state index in [-0.39, 0.29) is 36.7 Å². The first kappa shape index (κ1) is 29.8. The van der Waals surface area contributed by atoms with E-state index in [1.165, 1.54) is 23.1 Å². The third-order valence-corrected chi connectivity index (χ3v) is 5.26. The molecule has 3 atom stereocenters. The van der Waals surface area contributed by atoms with Gasteiger partial charge in [-0.25, -0.2) is 14.4 Å². The summed E-state index contributed by atoms with van der Waals surface area (Å²) < 4.78 is 42.5. The quantitative estimate of drug-likeness (QED) is 0.148. The molecule has 15 heteroatoms. The molecule has 6 N–H and O–H groups in total. The van der Waals surface area contributed by atoms with Crippen LogP contribution in [-0.2, 0) is 20.8 Å². The summed E-state index contributed by atoms with van der Waals surface area (Å²) in [6.45, 7) is 1.60. The molecule has 0 radical (unpaired) electrons. The number of β-amino-alcohol motifs (C(OH)–C–C–N with tert-alkyl or cyclic N) is 1. The van der Waals surface area contributed by atoms with Gasteiger partial charge in [0.2, 0.25) is 11.7 Å². The minimum absolute atomic E-state index is 0.00205. The number of likely N-dealkylation sites (tertiary alicyclic amines) is 1. The van der Waals surface area contributed by atoms with E-state index in [9.17, 15) is 37.8 Å². The summed E-state index contributed by atoms with van der Waals surface area (Å²) in [5.41, 5.74) is 5.88. The Morgan fingerprint density at radius 3 is 2.24 bits per heavy atom. The van der Waals surface area contributed by atoms with E-state index >= 15 is 0 Å². The lowest BCUT2D eigenvalue weighted by Gasteiger charge is -2.24. The van der Waals surface area contributed by atoms with Gasteiger partial charge in [-0.3, -0.25) is 10.2 Å². The first-order chi connectivity index (χ1) is 17.6. The zero-order valence-electron chi connectivity index (χ0n) is 19.8. The van der Waals surface area contributed by atoms with E-state index in [4.69, 9.17) is 30.2 Å². The second kappa shape index (κ2) is 12.2. The lowest BCUT2D eigenvalue weighted by atomic mass is 10.0. The fourth-order valence-corrected chi connectivity index (χ4v) is 3.42. The fourth-order valence-electron chi connectivity index (χ4n) is 3.42. The van der Waals surface area contributed by atoms with Crippen molar-refractivity contribution in [1.82, 2.24) is 4.90 Å². The van der Waals surface area contributed by atoms with Crippen LogP contribution in [0.4, 0.5) is 13.2 Å². The fraction of sp³-hybridized carbons (Fsp3) is 0.348. The van der Waals surface area contributed by atoms with Crippen LogP contribution < -0.4 is 10.5 Å². The van der Waals surface area contributed by atoms with Gasteiger partial charge in [0.1, 0.15) is 23.4 Å². The lowest BCUT2D eigenvalue weighted by Crippen LogP contribution is -2.43. The number of amidine groups is 1. The minimum atomic E-state index is -5.08. The van der Waals surface area contributed by atoms with Crippen LogP contribution in [0.15, 0.2) is 40.8 Å². The number of alkyl halides is 3. The van der Waals surface area contributed by atoms with E-state index in [1.807, 2.05) is 0 Å². The highest BCUT2D eigenvalue weighted by Gasteiger charge is 2.40. The largest absolute Gasteiger partial charge is 0.490 e. The molecule has 2 heterocycles. The smallest absolute Gasteiger partial charge is 0.480 e. The molecule has 0 aliphatic carbocycles. The standard InChI is InChI=1S/C21H23N3O7.C2HF3O2/c1-11(19(26)24-10-13(25)9-16(24)20(27)28)8-15-6-7-17(30-15)21(29)31-14-4-2-12(3-5-14)18(22)23;3-2(4,5)1(6)7/h2-7,11,13,16,25H,8-10H2,1H3,(H3,22,23)(H,27,28);(H,6,7)/t11?,13-,16+;/m0./s1. The molecular formula is C23H24F3N3O9. The number of rotatable bonds is 7. The number of nitrogens with zero attached hydrogens (tertiary/aromatic N) is 1. The van der Waals surface area contributed by atoms with Crippen LogP contribution in [0.5, 0.6) is 5.75 Å². The molecule has 0 bridgehead atoms. The molecule has 1 fully saturated rings. The van der Waals surface area contributed by atoms with Crippen LogP contribution in [0.25, 0.3) is 0 Å². The number of aliphatic hydroxyl groups excluding tert-OH is 1. The number of carboxylic acid groups (broad SMARTS) is 2. The molecule has 1 amide bonds. The molecule has 1 saturated heterocycles. The zero-order valence-corrected chi connectivity index (χ0v) is 19.8. The molecule has 2 aromatic rings. The number of nitrogens with two attached hydrogens (primary N) is 1. The highest BCUT2D eigenvalue weighted by Crippen LogP contribution is 2.23. The van der Waals surface area contributed by atoms with Crippen molar-refractivity contribution < 1.29 is 56.8 Å². The molecule has 12 nitrogen and oxygen atoms in total. The topological polar surface area (TPSA) is 204 Å². The summed E-state index contributed by atoms with van der Waals surface area (Å²) in [6.07, 6.45) is -5.80. The SMILES string of the molecule is CC(Cc1ccc(C(=O)Oc2ccc(C(=N)N)cc2)o1)C(=O)N1C[C@@H](O)C[C@@H]1C(=O)O.O=C(O)C(F)(F)F. The van der Waals surface area contributed by atoms with Crippen LogP contribution in [-0.4, -0.2) is 74.7 Å². The normalized spacial score (nSPS) is 17.7. The Morgan fingerprint density at radius 1 is 1.16 bits per heavy atom. The first-order valence-corrected chi connectivity index (χ1v) is 10.9. The molecular weight excluding hydrogens is 519 g/mol. The second-order valence-electron chi connectivity index (χ2n) is 8.24. The first-order valence-electron chi connectivity index (χ1n) is 10.9. The van der Waals surface area contributed by atoms with Crippen molar-refractivity contribution >= 4 is 29.7 Å². The van der Waals surface area contributed by atoms with E-state index in [0.29, 0.717) is 11.3 Å². The monoisotopic (exact) mass is 543 g/mol. The number of nitrogen functional groups attached to an aromatic ring is 1. The number of carbonyl (C=O) groups excluding carboxylic acids is 2. The molecule has 1 unspecified atom stereocenters. The Kier molecular flexibility index (Phi) is 9.60. The van der Waals surface area contributed by atoms with Gasteiger partial charge in [0, 0.05) is 30.9 Å². The predicted molar refractivity (Wildman–Crippen MR) is 121 cm³/mol. The van der Waals surface area contributed by atoms with Gasteiger partial charge in [-0.15, -0.1) is 0 Å². The summed E-state index contributed by atoms with van der Waals surface area (Å²) in [7, 11) is 0. The number of aliphatic carboxylic acids is 2. The van der Waals surface area contributed by atoms with Crippen molar-refractivity contribution in [2.45, 2.75) is 38.1 Å². The molecule has 1 aliphatic heterocycles. The average molecular weight is 543 g/mol. The van der Waals surface area contributed by atoms with Crippen LogP contribution in [0.2, 0.25) is 0 Å². The number of hydrogen-bond donors (Lipinski definition) is 5. The van der Waals surface area contributed by atoms with Gasteiger partial charge < -0.3 is 35.1 Å². The Bertz CT molecular complexity index is 1190. The Balaban J connectivity index is 0.000000638. The number of furan rings is 1. The van der Waals surface area contributed by atoms with Gasteiger partial charge in [0.25, 0.3) is 0 Å². The number of halogens is 3. The molecule has 1 aliphatic rings. The van der Waals surface area contributed by atoms with Gasteiger partial charge >= 0.3 is 24.1 Å². The van der Waals surface area contributed by atoms with Crippen molar-refractivity contribution in [3.05, 3.63) is 53.5 Å². The van der Waals surface area contributed by atoms with E-state index in [1.54, 1.807) is 25.1 Å². The number of carbonyl (C=O) groups is 4. The zero-order chi connectivity index (χ0) is 28.8. The number of aliphatic hydroxyl groups is 1. The maximum Gasteiger partial charge on any atom is 0.490 e. The number of amides is 1. The highest BCUT2D eigenvalue weighted by atomic mass is 19.4. The number of carboxylic acids is 2. The number of ether oxygens (including phenoxy) is 1. The summed E-state index contributed by atoms with van der Waals surface area (Å²) in [4.78, 5) is 46.3. The number of hydrogen-bond acceptors (Lipinski definition) is 8. The van der Waals surface area contributed by atoms with E-state index < -0.39 is 48.1 Å². The van der Waals surface area contributed by atoms with Crippen LogP contribution in [0, 0.1) is 11.3 Å². The molecule has 3 rings (SSSR count). The number of nitrogens with one attached hydrogen (secondary N) is 1. The van der Waals surface area contributed by atoms with Crippen LogP contribution in [0.3, 0.4) is 0 Å². The molecule has 206 valence electrons. The van der Waals surface area contributed by atoms with E-state index in [2.05, 4.69) is 0 Å². The summed E-state index contributed by atoms with van der Waals surface area (Å²) in [6, 6.07) is 8.02. The van der Waals surface area contributed by atoms with Crippen molar-refractivity contribution in [1.29, 1.82) is 5.41 Å². The summed E-state index contributed by atoms with van der Waals surface area (Å²) in [5, 5.41) is 33.5. The van der Waals surface area contributed by atoms with E-state index in [0.717, 1.165) is 0 Å². The highest BCUT2D eigenvalue weighted by molar-refractivity contribution is 5.95. The second-order valence-corrected chi connectivity index (χ2v) is 8.24. The Labute approximate surface area is 212 Å². The van der Waals surface area contributed by atoms with Crippen molar-refractivity contribution in [3.8, 4) is 5.75 Å². The molecule has 1 aromatic heterocycles. The summed E-state index contributed by atoms with van der Waals surface area (Å²) in [5.74, 6) is -5.19. The van der Waals surface area contributed by atoms with Gasteiger partial charge in [0.05, 0.1) is 6.10 Å². The maximum atomic E-state index is 12.7. The molecule has 1 aromatic carbocycles. The predicted octanol–water partition coefficient (Wildman–Crippen LogP) is 1.64. The van der Waals surface area contributed by atoms with Crippen LogP contribution >= 0.6 is 0 Å². The Morgan fingerprint density at radius 2 is 1.74 bits per heavy atom. The number of benzene rings is 1. The molecule has 0 saturated carbocycles. The lowest BCUT2D eigenvalue weighted by molar-refractivity contribution is -0.192. The van der Waals surface area contributed by atoms with Gasteiger partial charge in [-0.1, -0.05) is 6.92 Å². The summed E-state index contributed by atoms with van der Waals surface area (Å²) >= 11 is 0. The van der Waals surface area contributed by atoms with Crippen LogP contribution in [0.1, 0.15) is 35.2 Å². The van der Waals surface area contributed by atoms with Crippen molar-refractivity contribution in [2.24, 2.45) is 11.7 Å². The number of esters is 1. The Hall–Kier alpha value is -4.40. The third kappa shape index (κ3) is 8.06. The molecule has 0 spiro atoms. The van der Waals surface area contributed by atoms with Crippen molar-refractivity contribution in [3.63, 3.8) is 0 Å². The minimum Gasteiger partial charge on any atom is -0.480 e. The third-order valence-electron chi connectivity index (χ3n) is 5.26. The average Bonchev–Trinajstić information content (AvgIpc) is 3.45.